The highest BCUT2D eigenvalue weighted by molar-refractivity contribution is 6.68. The molecule has 0 aliphatic carbocycles. The van der Waals surface area contributed by atoms with E-state index in [-0.39, 0.29) is 42.7 Å². The number of benzene rings is 1. The SMILES string of the molecule is CCOC(=O)C1=C/C(=C\C[NH+]2C=CNC2[NH+]2CN=C3C(=O)NC(=N)N=C32)c2c(OC)c3c(c(CO)c2O1)O[C@H](C(C)(C)O)C3. The average molecular weight is 610 g/mol. The Bertz CT molecular complexity index is 1600. The van der Waals surface area contributed by atoms with E-state index in [4.69, 9.17) is 24.4 Å². The molecule has 0 radical (unpaired) electrons. The predicted octanol–water partition coefficient (Wildman–Crippen LogP) is -2.51. The fraction of sp³-hybridized carbons (Fsp3) is 0.414. The second kappa shape index (κ2) is 11.2. The van der Waals surface area contributed by atoms with Crippen LogP contribution in [0.1, 0.15) is 37.5 Å². The van der Waals surface area contributed by atoms with E-state index in [0.717, 1.165) is 9.80 Å². The number of carbonyl (C=O) groups excluding carboxylic acids is 2. The van der Waals surface area contributed by atoms with E-state index in [2.05, 4.69) is 20.6 Å². The summed E-state index contributed by atoms with van der Waals surface area (Å²) in [6.45, 7) is 5.35. The number of aliphatic hydroxyl groups excluding tert-OH is 1. The van der Waals surface area contributed by atoms with Gasteiger partial charge in [-0.1, -0.05) is 0 Å². The fourth-order valence-corrected chi connectivity index (χ4v) is 5.94. The number of hydrogen-bond acceptors (Lipinski definition) is 11. The van der Waals surface area contributed by atoms with Gasteiger partial charge in [0.05, 0.1) is 43.3 Å². The second-order valence-corrected chi connectivity index (χ2v) is 11.3. The summed E-state index contributed by atoms with van der Waals surface area (Å²) in [4.78, 5) is 35.5. The standard InChI is InChI=1S/C29H33N7O8/c1-5-42-26(39)17-10-14(6-8-35-9-7-31-28(35)36-13-32-20-24(36)33-27(30)34-25(20)38)19-22(41-4)15-11-18(29(2,3)40)44-21(15)16(12-37)23(19)43-17/h6-7,9-10,18,28,31,37,40H,5,8,11-13H2,1-4H3,(H2,30,34,38)/p+2/b14-6+/t18-,28?/m0/s1. The lowest BCUT2D eigenvalue weighted by atomic mass is 9.90. The van der Waals surface area contributed by atoms with Gasteiger partial charge < -0.3 is 29.2 Å². The van der Waals surface area contributed by atoms with Gasteiger partial charge in [0.1, 0.15) is 36.1 Å². The van der Waals surface area contributed by atoms with Gasteiger partial charge in [0.25, 0.3) is 11.7 Å². The van der Waals surface area contributed by atoms with Crippen molar-refractivity contribution in [3.8, 4) is 17.2 Å². The Balaban J connectivity index is 1.39. The Morgan fingerprint density at radius 3 is 2.84 bits per heavy atom. The van der Waals surface area contributed by atoms with Crippen molar-refractivity contribution >= 4 is 35.0 Å². The number of aliphatic imine (C=N–C) groups is 2. The zero-order chi connectivity index (χ0) is 31.3. The van der Waals surface area contributed by atoms with Gasteiger partial charge in [-0.15, -0.1) is 0 Å². The van der Waals surface area contributed by atoms with Gasteiger partial charge in [-0.3, -0.25) is 20.8 Å². The van der Waals surface area contributed by atoms with E-state index in [0.29, 0.717) is 52.6 Å². The average Bonchev–Trinajstić information content (AvgIpc) is 3.72. The minimum absolute atomic E-state index is 0.0646. The number of hydrogen-bond donors (Lipinski definition) is 7. The molecule has 5 aliphatic rings. The number of esters is 1. The van der Waals surface area contributed by atoms with Gasteiger partial charge in [-0.25, -0.2) is 14.7 Å². The summed E-state index contributed by atoms with van der Waals surface area (Å²) >= 11 is 0. The number of nitrogens with one attached hydrogen (secondary N) is 5. The highest BCUT2D eigenvalue weighted by Gasteiger charge is 2.47. The van der Waals surface area contributed by atoms with Crippen molar-refractivity contribution in [2.24, 2.45) is 9.98 Å². The zero-order valence-corrected chi connectivity index (χ0v) is 24.7. The number of carbonyl (C=O) groups is 2. The highest BCUT2D eigenvalue weighted by atomic mass is 16.6. The number of guanidine groups is 1. The molecule has 0 fully saturated rings. The van der Waals surface area contributed by atoms with E-state index in [1.54, 1.807) is 26.8 Å². The summed E-state index contributed by atoms with van der Waals surface area (Å²) in [6.07, 6.45) is 6.67. The maximum atomic E-state index is 12.9. The van der Waals surface area contributed by atoms with Crippen molar-refractivity contribution < 1.29 is 48.5 Å². The Morgan fingerprint density at radius 1 is 1.34 bits per heavy atom. The quantitative estimate of drug-likeness (QED) is 0.156. The zero-order valence-electron chi connectivity index (χ0n) is 24.7. The molecule has 0 aromatic heterocycles. The van der Waals surface area contributed by atoms with E-state index in [9.17, 15) is 19.8 Å². The lowest BCUT2D eigenvalue weighted by Crippen LogP contribution is -3.36. The molecule has 0 spiro atoms. The van der Waals surface area contributed by atoms with E-state index in [1.165, 1.54) is 7.11 Å². The first kappa shape index (κ1) is 29.5. The molecule has 1 aromatic rings. The van der Waals surface area contributed by atoms with Gasteiger partial charge >= 0.3 is 12.3 Å². The normalized spacial score (nSPS) is 26.0. The number of ether oxygens (including phenoxy) is 4. The monoisotopic (exact) mass is 609 g/mol. The third-order valence-electron chi connectivity index (χ3n) is 8.06. The smallest absolute Gasteiger partial charge is 0.374 e. The molecule has 0 bridgehead atoms. The Hall–Kier alpha value is -4.57. The number of fused-ring (bicyclic) bond motifs is 3. The van der Waals surface area contributed by atoms with Gasteiger partial charge in [0.2, 0.25) is 17.4 Å². The summed E-state index contributed by atoms with van der Waals surface area (Å²) in [7, 11) is 1.52. The van der Waals surface area contributed by atoms with Crippen LogP contribution in [-0.2, 0) is 27.4 Å². The molecule has 44 heavy (non-hydrogen) atoms. The molecule has 5 heterocycles. The topological polar surface area (TPSA) is 193 Å². The van der Waals surface area contributed by atoms with Crippen molar-refractivity contribution in [3.05, 3.63) is 47.0 Å². The van der Waals surface area contributed by atoms with Crippen LogP contribution < -0.4 is 34.6 Å². The van der Waals surface area contributed by atoms with E-state index >= 15 is 0 Å². The molecule has 1 aromatic carbocycles. The first-order chi connectivity index (χ1) is 21.0. The summed E-state index contributed by atoms with van der Waals surface area (Å²) in [5, 5.41) is 34.8. The second-order valence-electron chi connectivity index (χ2n) is 11.3. The van der Waals surface area contributed by atoms with E-state index < -0.39 is 30.2 Å². The minimum atomic E-state index is -1.18. The van der Waals surface area contributed by atoms with Crippen molar-refractivity contribution in [2.45, 2.75) is 51.8 Å². The van der Waals surface area contributed by atoms with Crippen LogP contribution >= 0.6 is 0 Å². The molecule has 3 unspecified atom stereocenters. The molecule has 15 nitrogen and oxygen atoms in total. The molecule has 1 amide bonds. The largest absolute Gasteiger partial charge is 0.496 e. The lowest BCUT2D eigenvalue weighted by molar-refractivity contribution is -1.05. The number of quaternary nitrogens is 2. The number of aliphatic hydroxyl groups is 2. The molecular weight excluding hydrogens is 574 g/mol. The number of nitrogens with zero attached hydrogens (tertiary/aromatic N) is 2. The highest BCUT2D eigenvalue weighted by Crippen LogP contribution is 2.53. The maximum Gasteiger partial charge on any atom is 0.374 e. The molecule has 0 saturated heterocycles. The summed E-state index contributed by atoms with van der Waals surface area (Å²) in [5.41, 5.74) is 1.19. The molecule has 4 atom stereocenters. The number of amidine groups is 1. The van der Waals surface area contributed by atoms with E-state index in [1.807, 2.05) is 18.5 Å². The Kier molecular flexibility index (Phi) is 7.49. The molecule has 6 rings (SSSR count). The summed E-state index contributed by atoms with van der Waals surface area (Å²) in [5.74, 6) is 0.00457. The van der Waals surface area contributed by atoms with Crippen LogP contribution in [0.15, 0.2) is 40.3 Å². The molecule has 5 aliphatic heterocycles. The first-order valence-electron chi connectivity index (χ1n) is 14.3. The first-order valence-corrected chi connectivity index (χ1v) is 14.3. The van der Waals surface area contributed by atoms with Crippen LogP contribution in [-0.4, -0.2) is 84.5 Å². The van der Waals surface area contributed by atoms with Crippen molar-refractivity contribution in [3.63, 3.8) is 0 Å². The minimum Gasteiger partial charge on any atom is -0.496 e. The molecule has 7 N–H and O–H groups in total. The van der Waals surface area contributed by atoms with Crippen LogP contribution in [0.2, 0.25) is 0 Å². The van der Waals surface area contributed by atoms with Crippen LogP contribution in [0.5, 0.6) is 17.2 Å². The number of amides is 1. The summed E-state index contributed by atoms with van der Waals surface area (Å²) in [6, 6.07) is 0. The Morgan fingerprint density at radius 2 is 2.14 bits per heavy atom. The fourth-order valence-electron chi connectivity index (χ4n) is 5.94. The maximum absolute atomic E-state index is 12.9. The van der Waals surface area contributed by atoms with Crippen LogP contribution in [0, 0.1) is 5.41 Å². The molecule has 232 valence electrons. The van der Waals surface area contributed by atoms with Gasteiger partial charge in [0.15, 0.2) is 6.67 Å². The summed E-state index contributed by atoms with van der Waals surface area (Å²) < 4.78 is 23.4. The lowest BCUT2D eigenvalue weighted by Gasteiger charge is -2.27. The van der Waals surface area contributed by atoms with Gasteiger partial charge in [-0.05, 0) is 38.5 Å². The predicted molar refractivity (Wildman–Crippen MR) is 155 cm³/mol. The molecular formula is C29H35N7O8+2. The number of rotatable bonds is 8. The van der Waals surface area contributed by atoms with Gasteiger partial charge in [-0.2, -0.15) is 9.89 Å². The van der Waals surface area contributed by atoms with Crippen LogP contribution in [0.4, 0.5) is 0 Å². The van der Waals surface area contributed by atoms with Crippen molar-refractivity contribution in [1.82, 2.24) is 10.6 Å². The molecule has 15 heteroatoms. The van der Waals surface area contributed by atoms with Crippen LogP contribution in [0.3, 0.4) is 0 Å². The van der Waals surface area contributed by atoms with Crippen LogP contribution in [0.25, 0.3) is 5.57 Å². The number of methoxy groups -OCH3 is 1. The molecule has 0 saturated carbocycles. The number of allylic oxidation sites excluding steroid dienone is 2. The van der Waals surface area contributed by atoms with Gasteiger partial charge in [0, 0.05) is 12.0 Å². The Labute approximate surface area is 252 Å². The van der Waals surface area contributed by atoms with Crippen molar-refractivity contribution in [1.29, 1.82) is 5.41 Å². The van der Waals surface area contributed by atoms with Crippen molar-refractivity contribution in [2.75, 3.05) is 26.9 Å². The third-order valence-corrected chi connectivity index (χ3v) is 8.06. The third kappa shape index (κ3) is 4.93.